The zero-order chi connectivity index (χ0) is 17.4. The van der Waals surface area contributed by atoms with Crippen molar-refractivity contribution in [2.45, 2.75) is 51.2 Å². The van der Waals surface area contributed by atoms with Gasteiger partial charge in [0.25, 0.3) is 0 Å². The highest BCUT2D eigenvalue weighted by Gasteiger charge is 2.41. The number of esters is 1. The number of carbonyl (C=O) groups is 1. The summed E-state index contributed by atoms with van der Waals surface area (Å²) in [5.74, 6) is -0.383. The quantitative estimate of drug-likeness (QED) is 0.756. The van der Waals surface area contributed by atoms with Gasteiger partial charge in [-0.05, 0) is 6.42 Å². The maximum Gasteiger partial charge on any atom is 0.311 e. The van der Waals surface area contributed by atoms with E-state index >= 15 is 0 Å². The van der Waals surface area contributed by atoms with Gasteiger partial charge in [0.2, 0.25) is 5.95 Å². The van der Waals surface area contributed by atoms with Crippen LogP contribution < -0.4 is 10.6 Å². The van der Waals surface area contributed by atoms with Crippen molar-refractivity contribution in [1.29, 1.82) is 0 Å². The lowest BCUT2D eigenvalue weighted by atomic mass is 10.1. The molecule has 130 valence electrons. The van der Waals surface area contributed by atoms with Crippen molar-refractivity contribution in [3.63, 3.8) is 0 Å². The van der Waals surface area contributed by atoms with Crippen molar-refractivity contribution >= 4 is 33.6 Å². The van der Waals surface area contributed by atoms with Crippen molar-refractivity contribution in [3.8, 4) is 0 Å². The number of ether oxygens (including phenoxy) is 2. The highest BCUT2D eigenvalue weighted by atomic mass is 32.1. The van der Waals surface area contributed by atoms with Crippen LogP contribution in [0.3, 0.4) is 0 Å². The lowest BCUT2D eigenvalue weighted by molar-refractivity contribution is -0.156. The third-order valence-corrected chi connectivity index (χ3v) is 4.76. The molecule has 2 aromatic rings. The first-order valence-electron chi connectivity index (χ1n) is 7.55. The molecule has 2 aromatic heterocycles. The van der Waals surface area contributed by atoms with Gasteiger partial charge >= 0.3 is 10.8 Å². The number of thiazole rings is 1. The van der Waals surface area contributed by atoms with Crippen LogP contribution >= 0.6 is 11.3 Å². The summed E-state index contributed by atoms with van der Waals surface area (Å²) >= 11 is 0.953. The molecule has 9 nitrogen and oxygen atoms in total. The maximum atomic E-state index is 12.3. The highest BCUT2D eigenvalue weighted by molar-refractivity contribution is 7.16. The Morgan fingerprint density at radius 3 is 3.08 bits per heavy atom. The molecular weight excluding hydrogens is 336 g/mol. The summed E-state index contributed by atoms with van der Waals surface area (Å²) in [7, 11) is 0. The van der Waals surface area contributed by atoms with E-state index in [-0.39, 0.29) is 17.2 Å². The van der Waals surface area contributed by atoms with Gasteiger partial charge in [-0.2, -0.15) is 4.98 Å². The fourth-order valence-electron chi connectivity index (χ4n) is 2.86. The minimum Gasteiger partial charge on any atom is -0.460 e. The molecule has 24 heavy (non-hydrogen) atoms. The molecule has 0 spiro atoms. The molecule has 3 rings (SSSR count). The molecule has 1 aliphatic heterocycles. The third kappa shape index (κ3) is 2.99. The van der Waals surface area contributed by atoms with Gasteiger partial charge in [-0.25, -0.2) is 4.98 Å². The smallest absolute Gasteiger partial charge is 0.311 e. The largest absolute Gasteiger partial charge is 0.460 e. The monoisotopic (exact) mass is 354 g/mol. The second-order valence-corrected chi connectivity index (χ2v) is 6.57. The van der Waals surface area contributed by atoms with Gasteiger partial charge in [-0.3, -0.25) is 14.2 Å². The van der Waals surface area contributed by atoms with Crippen molar-refractivity contribution in [2.75, 3.05) is 5.73 Å². The SMILES string of the molecule is CC[C@H](OC(C)=O)[C@@H]1C[C@@H](O)[C@@H](n2c(=O)sc3cnc(N)nc32)O1. The number of carbonyl (C=O) groups excluding carboxylic acids is 1. The summed E-state index contributed by atoms with van der Waals surface area (Å²) in [6, 6.07) is 0. The molecule has 1 saturated heterocycles. The van der Waals surface area contributed by atoms with Gasteiger partial charge in [-0.1, -0.05) is 18.3 Å². The predicted molar refractivity (Wildman–Crippen MR) is 86.5 cm³/mol. The Morgan fingerprint density at radius 2 is 2.42 bits per heavy atom. The van der Waals surface area contributed by atoms with E-state index < -0.39 is 30.5 Å². The van der Waals surface area contributed by atoms with Crippen LogP contribution in [0.4, 0.5) is 5.95 Å². The van der Waals surface area contributed by atoms with E-state index in [1.807, 2.05) is 6.92 Å². The molecule has 10 heteroatoms. The lowest BCUT2D eigenvalue weighted by Gasteiger charge is -2.22. The molecule has 0 bridgehead atoms. The summed E-state index contributed by atoms with van der Waals surface area (Å²) in [5.41, 5.74) is 5.92. The van der Waals surface area contributed by atoms with Crippen LogP contribution in [-0.4, -0.2) is 43.9 Å². The van der Waals surface area contributed by atoms with Gasteiger partial charge in [0.15, 0.2) is 11.9 Å². The van der Waals surface area contributed by atoms with Gasteiger partial charge in [-0.15, -0.1) is 0 Å². The Balaban J connectivity index is 1.93. The number of anilines is 1. The van der Waals surface area contributed by atoms with Crippen LogP contribution in [0.25, 0.3) is 10.3 Å². The van der Waals surface area contributed by atoms with Crippen LogP contribution in [0, 0.1) is 0 Å². The number of aliphatic hydroxyl groups excluding tert-OH is 1. The summed E-state index contributed by atoms with van der Waals surface area (Å²) < 4.78 is 12.9. The Hall–Kier alpha value is -2.04. The first-order chi connectivity index (χ1) is 11.4. The first kappa shape index (κ1) is 16.8. The molecule has 4 atom stereocenters. The zero-order valence-corrected chi connectivity index (χ0v) is 14.0. The Labute approximate surface area is 141 Å². The topological polar surface area (TPSA) is 130 Å². The van der Waals surface area contributed by atoms with Gasteiger partial charge in [0.05, 0.1) is 17.0 Å². The first-order valence-corrected chi connectivity index (χ1v) is 8.36. The number of aromatic nitrogens is 3. The van der Waals surface area contributed by atoms with Crippen LogP contribution in [0.1, 0.15) is 32.9 Å². The van der Waals surface area contributed by atoms with Crippen molar-refractivity contribution in [3.05, 3.63) is 15.9 Å². The predicted octanol–water partition coefficient (Wildman–Crippen LogP) is 0.425. The average Bonchev–Trinajstić information content (AvgIpc) is 3.03. The third-order valence-electron chi connectivity index (χ3n) is 3.88. The van der Waals surface area contributed by atoms with Crippen molar-refractivity contribution in [1.82, 2.24) is 14.5 Å². The molecule has 1 aliphatic rings. The number of rotatable bonds is 4. The minimum absolute atomic E-state index is 0.0319. The van der Waals surface area contributed by atoms with Crippen LogP contribution in [0.2, 0.25) is 0 Å². The number of nitrogens with two attached hydrogens (primary N) is 1. The number of aliphatic hydroxyl groups is 1. The molecule has 1 fully saturated rings. The Kier molecular flexibility index (Phi) is 4.52. The fourth-order valence-corrected chi connectivity index (χ4v) is 3.68. The fraction of sp³-hybridized carbons (Fsp3) is 0.571. The number of hydrogen-bond donors (Lipinski definition) is 2. The molecule has 3 heterocycles. The van der Waals surface area contributed by atoms with E-state index in [1.54, 1.807) is 0 Å². The lowest BCUT2D eigenvalue weighted by Crippen LogP contribution is -2.31. The molecule has 0 unspecified atom stereocenters. The molecule has 3 N–H and O–H groups in total. The van der Waals surface area contributed by atoms with Crippen LogP contribution in [0.15, 0.2) is 11.0 Å². The number of hydrogen-bond acceptors (Lipinski definition) is 9. The molecule has 0 amide bonds. The van der Waals surface area contributed by atoms with Crippen LogP contribution in [0.5, 0.6) is 0 Å². The number of fused-ring (bicyclic) bond motifs is 1. The van der Waals surface area contributed by atoms with E-state index in [0.29, 0.717) is 16.8 Å². The molecule has 0 radical (unpaired) electrons. The summed E-state index contributed by atoms with van der Waals surface area (Å²) in [4.78, 5) is 31.1. The minimum atomic E-state index is -0.925. The maximum absolute atomic E-state index is 12.3. The molecule has 0 saturated carbocycles. The Morgan fingerprint density at radius 1 is 1.67 bits per heavy atom. The zero-order valence-electron chi connectivity index (χ0n) is 13.2. The summed E-state index contributed by atoms with van der Waals surface area (Å²) in [6.07, 6.45) is -0.560. The van der Waals surface area contributed by atoms with E-state index in [0.717, 1.165) is 11.3 Å². The average molecular weight is 354 g/mol. The standard InChI is InChI=1S/C14H18N4O5S/c1-3-8(22-6(2)19)9-4-7(20)12(23-9)18-11-10(24-14(18)21)5-16-13(15)17-11/h5,7-9,12,20H,3-4H2,1-2H3,(H2,15,16,17)/t7-,8+,9+,12+/m1/s1. The van der Waals surface area contributed by atoms with E-state index in [1.165, 1.54) is 17.7 Å². The summed E-state index contributed by atoms with van der Waals surface area (Å²) in [5, 5.41) is 10.4. The molecule has 0 aromatic carbocycles. The van der Waals surface area contributed by atoms with E-state index in [2.05, 4.69) is 9.97 Å². The van der Waals surface area contributed by atoms with E-state index in [9.17, 15) is 14.7 Å². The van der Waals surface area contributed by atoms with Gasteiger partial charge in [0.1, 0.15) is 12.2 Å². The van der Waals surface area contributed by atoms with Gasteiger partial charge < -0.3 is 20.3 Å². The Bertz CT molecular complexity index is 819. The highest BCUT2D eigenvalue weighted by Crippen LogP contribution is 2.33. The molecular formula is C14H18N4O5S. The number of nitrogens with zero attached hydrogens (tertiary/aromatic N) is 3. The molecule has 0 aliphatic carbocycles. The van der Waals surface area contributed by atoms with Crippen molar-refractivity contribution < 1.29 is 19.4 Å². The van der Waals surface area contributed by atoms with Crippen molar-refractivity contribution in [2.24, 2.45) is 0 Å². The summed E-state index contributed by atoms with van der Waals surface area (Å²) in [6.45, 7) is 3.18. The number of nitrogen functional groups attached to an aromatic ring is 1. The second-order valence-electron chi connectivity index (χ2n) is 5.58. The van der Waals surface area contributed by atoms with E-state index in [4.69, 9.17) is 15.2 Å². The van der Waals surface area contributed by atoms with Crippen LogP contribution in [-0.2, 0) is 14.3 Å². The normalized spacial score (nSPS) is 25.0. The second kappa shape index (κ2) is 6.46. The van der Waals surface area contributed by atoms with Gasteiger partial charge in [0, 0.05) is 13.3 Å².